The van der Waals surface area contributed by atoms with Crippen molar-refractivity contribution in [3.8, 4) is 0 Å². The van der Waals surface area contributed by atoms with Gasteiger partial charge in [-0.15, -0.1) is 0 Å². The smallest absolute Gasteiger partial charge is 0.243 e. The first-order valence-corrected chi connectivity index (χ1v) is 8.83. The van der Waals surface area contributed by atoms with Gasteiger partial charge in [-0.3, -0.25) is 4.79 Å². The quantitative estimate of drug-likeness (QED) is 0.856. The molecule has 21 heavy (non-hydrogen) atoms. The fourth-order valence-corrected chi connectivity index (χ4v) is 4.56. The van der Waals surface area contributed by atoms with Crippen LogP contribution in [0.4, 0.5) is 5.69 Å². The molecule has 1 unspecified atom stereocenters. The molecule has 1 amide bonds. The zero-order chi connectivity index (χ0) is 15.0. The minimum Gasteiger partial charge on any atom is -0.312 e. The maximum Gasteiger partial charge on any atom is 0.243 e. The summed E-state index contributed by atoms with van der Waals surface area (Å²) in [5.74, 6) is 0.528. The molecular weight excluding hydrogens is 288 g/mol. The van der Waals surface area contributed by atoms with Gasteiger partial charge < -0.3 is 4.90 Å². The molecule has 2 aliphatic rings. The van der Waals surface area contributed by atoms with Gasteiger partial charge in [0.1, 0.15) is 0 Å². The summed E-state index contributed by atoms with van der Waals surface area (Å²) >= 11 is 0. The summed E-state index contributed by atoms with van der Waals surface area (Å²) in [6.07, 6.45) is 2.36. The van der Waals surface area contributed by atoms with Crippen molar-refractivity contribution in [2.45, 2.75) is 31.1 Å². The van der Waals surface area contributed by atoms with Gasteiger partial charge in [-0.2, -0.15) is 4.31 Å². The lowest BCUT2D eigenvalue weighted by atomic mass is 10.2. The van der Waals surface area contributed by atoms with Gasteiger partial charge in [0.15, 0.2) is 0 Å². The van der Waals surface area contributed by atoms with Crippen LogP contribution in [0.3, 0.4) is 0 Å². The third kappa shape index (κ3) is 2.70. The van der Waals surface area contributed by atoms with Crippen molar-refractivity contribution < 1.29 is 13.2 Å². The summed E-state index contributed by atoms with van der Waals surface area (Å²) in [5, 5.41) is 0. The van der Waals surface area contributed by atoms with Crippen molar-refractivity contribution in [3.63, 3.8) is 0 Å². The lowest BCUT2D eigenvalue weighted by Crippen LogP contribution is -2.29. The summed E-state index contributed by atoms with van der Waals surface area (Å²) in [5.41, 5.74) is 0.784. The van der Waals surface area contributed by atoms with E-state index in [0.29, 0.717) is 36.9 Å². The molecule has 1 aromatic carbocycles. The number of sulfonamides is 1. The maximum absolute atomic E-state index is 12.5. The van der Waals surface area contributed by atoms with Crippen LogP contribution in [0.1, 0.15) is 26.2 Å². The standard InChI is InChI=1S/C15H20N2O3S/c1-12-8-10-16(11-12)21(19,20)14-6-4-13(5-7-14)17-9-2-3-15(17)18/h4-7,12H,2-3,8-11H2,1H3. The summed E-state index contributed by atoms with van der Waals surface area (Å²) in [6.45, 7) is 3.97. The molecule has 0 saturated carbocycles. The molecular formula is C15H20N2O3S. The molecule has 6 heteroatoms. The molecule has 1 atom stereocenters. The first-order valence-electron chi connectivity index (χ1n) is 7.39. The van der Waals surface area contributed by atoms with Crippen molar-refractivity contribution in [1.82, 2.24) is 4.31 Å². The number of amides is 1. The first kappa shape index (κ1) is 14.5. The van der Waals surface area contributed by atoms with Crippen LogP contribution in [-0.4, -0.2) is 38.3 Å². The van der Waals surface area contributed by atoms with E-state index in [0.717, 1.165) is 18.5 Å². The maximum atomic E-state index is 12.5. The van der Waals surface area contributed by atoms with Crippen LogP contribution in [0.5, 0.6) is 0 Å². The summed E-state index contributed by atoms with van der Waals surface area (Å²) in [7, 11) is -3.40. The highest BCUT2D eigenvalue weighted by Crippen LogP contribution is 2.27. The Bertz CT molecular complexity index is 639. The molecule has 2 saturated heterocycles. The van der Waals surface area contributed by atoms with Crippen LogP contribution >= 0.6 is 0 Å². The van der Waals surface area contributed by atoms with E-state index >= 15 is 0 Å². The summed E-state index contributed by atoms with van der Waals surface area (Å²) in [4.78, 5) is 13.7. The van der Waals surface area contributed by atoms with Gasteiger partial charge in [0.25, 0.3) is 0 Å². The van der Waals surface area contributed by atoms with Crippen molar-refractivity contribution in [2.24, 2.45) is 5.92 Å². The van der Waals surface area contributed by atoms with Gasteiger partial charge >= 0.3 is 0 Å². The fraction of sp³-hybridized carbons (Fsp3) is 0.533. The van der Waals surface area contributed by atoms with E-state index in [1.165, 1.54) is 0 Å². The van der Waals surface area contributed by atoms with Crippen LogP contribution < -0.4 is 4.90 Å². The van der Waals surface area contributed by atoms with E-state index in [-0.39, 0.29) is 5.91 Å². The van der Waals surface area contributed by atoms with Crippen LogP contribution in [0.25, 0.3) is 0 Å². The molecule has 0 N–H and O–H groups in total. The van der Waals surface area contributed by atoms with Crippen LogP contribution in [0, 0.1) is 5.92 Å². The number of hydrogen-bond donors (Lipinski definition) is 0. The Morgan fingerprint density at radius 1 is 1.14 bits per heavy atom. The number of carbonyl (C=O) groups is 1. The van der Waals surface area contributed by atoms with Gasteiger partial charge in [-0.05, 0) is 43.0 Å². The van der Waals surface area contributed by atoms with E-state index in [9.17, 15) is 13.2 Å². The molecule has 2 heterocycles. The molecule has 0 radical (unpaired) electrons. The highest BCUT2D eigenvalue weighted by molar-refractivity contribution is 7.89. The van der Waals surface area contributed by atoms with Crippen molar-refractivity contribution >= 4 is 21.6 Å². The van der Waals surface area contributed by atoms with Crippen LogP contribution in [0.2, 0.25) is 0 Å². The SMILES string of the molecule is CC1CCN(S(=O)(=O)c2ccc(N3CCCC3=O)cc2)C1. The van der Waals surface area contributed by atoms with Crippen LogP contribution in [0.15, 0.2) is 29.2 Å². The Balaban J connectivity index is 1.82. The lowest BCUT2D eigenvalue weighted by molar-refractivity contribution is -0.117. The second-order valence-electron chi connectivity index (χ2n) is 5.90. The van der Waals surface area contributed by atoms with Crippen molar-refractivity contribution in [2.75, 3.05) is 24.5 Å². The average molecular weight is 308 g/mol. The molecule has 2 aliphatic heterocycles. The zero-order valence-electron chi connectivity index (χ0n) is 12.2. The molecule has 0 aromatic heterocycles. The number of hydrogen-bond acceptors (Lipinski definition) is 3. The van der Waals surface area contributed by atoms with E-state index in [4.69, 9.17) is 0 Å². The summed E-state index contributed by atoms with van der Waals surface area (Å²) in [6, 6.07) is 6.68. The largest absolute Gasteiger partial charge is 0.312 e. The molecule has 2 fully saturated rings. The third-order valence-electron chi connectivity index (χ3n) is 4.25. The number of rotatable bonds is 3. The number of nitrogens with zero attached hydrogens (tertiary/aromatic N) is 2. The number of benzene rings is 1. The fourth-order valence-electron chi connectivity index (χ4n) is 2.98. The Morgan fingerprint density at radius 2 is 1.86 bits per heavy atom. The second kappa shape index (κ2) is 5.42. The molecule has 1 aromatic rings. The van der Waals surface area contributed by atoms with Crippen molar-refractivity contribution in [1.29, 1.82) is 0 Å². The predicted octanol–water partition coefficient (Wildman–Crippen LogP) is 1.84. The molecule has 0 bridgehead atoms. The average Bonchev–Trinajstić information content (AvgIpc) is 3.08. The number of anilines is 1. The lowest BCUT2D eigenvalue weighted by Gasteiger charge is -2.18. The highest BCUT2D eigenvalue weighted by Gasteiger charge is 2.30. The molecule has 114 valence electrons. The number of carbonyl (C=O) groups excluding carboxylic acids is 1. The zero-order valence-corrected chi connectivity index (χ0v) is 13.0. The van der Waals surface area contributed by atoms with Gasteiger partial charge in [-0.1, -0.05) is 6.92 Å². The van der Waals surface area contributed by atoms with Gasteiger partial charge in [0, 0.05) is 31.7 Å². The van der Waals surface area contributed by atoms with E-state index in [1.807, 2.05) is 0 Å². The Kier molecular flexibility index (Phi) is 3.75. The van der Waals surface area contributed by atoms with Crippen LogP contribution in [-0.2, 0) is 14.8 Å². The Hall–Kier alpha value is -1.40. The van der Waals surface area contributed by atoms with E-state index < -0.39 is 10.0 Å². The van der Waals surface area contributed by atoms with Gasteiger partial charge in [0.05, 0.1) is 4.90 Å². The molecule has 0 aliphatic carbocycles. The minimum atomic E-state index is -3.40. The Morgan fingerprint density at radius 3 is 2.38 bits per heavy atom. The predicted molar refractivity (Wildman–Crippen MR) is 80.6 cm³/mol. The van der Waals surface area contributed by atoms with Crippen molar-refractivity contribution in [3.05, 3.63) is 24.3 Å². The third-order valence-corrected chi connectivity index (χ3v) is 6.13. The minimum absolute atomic E-state index is 0.110. The molecule has 0 spiro atoms. The summed E-state index contributed by atoms with van der Waals surface area (Å²) < 4.78 is 26.6. The van der Waals surface area contributed by atoms with E-state index in [2.05, 4.69) is 6.92 Å². The highest BCUT2D eigenvalue weighted by atomic mass is 32.2. The van der Waals surface area contributed by atoms with E-state index in [1.54, 1.807) is 33.5 Å². The normalized spacial score (nSPS) is 24.0. The Labute approximate surface area is 125 Å². The monoisotopic (exact) mass is 308 g/mol. The van der Waals surface area contributed by atoms with Gasteiger partial charge in [-0.25, -0.2) is 8.42 Å². The van der Waals surface area contributed by atoms with Gasteiger partial charge in [0.2, 0.25) is 15.9 Å². The second-order valence-corrected chi connectivity index (χ2v) is 7.84. The topological polar surface area (TPSA) is 57.7 Å². The molecule has 5 nitrogen and oxygen atoms in total. The molecule has 3 rings (SSSR count). The first-order chi connectivity index (χ1) is 9.98.